The number of sulfone groups is 1. The van der Waals surface area contributed by atoms with Gasteiger partial charge in [-0.15, -0.1) is 0 Å². The minimum atomic E-state index is -3.18. The number of benzene rings is 2. The van der Waals surface area contributed by atoms with Crippen molar-refractivity contribution in [2.75, 3.05) is 23.0 Å². The van der Waals surface area contributed by atoms with E-state index < -0.39 is 9.84 Å². The molecule has 3 atom stereocenters. The maximum Gasteiger partial charge on any atom is 0.241 e. The Hall–Kier alpha value is -2.18. The lowest BCUT2D eigenvalue weighted by Gasteiger charge is -2.46. The molecule has 2 heterocycles. The Balaban J connectivity index is 1.71. The molecule has 0 unspecified atom stereocenters. The summed E-state index contributed by atoms with van der Waals surface area (Å²) in [5.41, 5.74) is 1.87. The summed E-state index contributed by atoms with van der Waals surface area (Å²) in [4.78, 5) is 16.7. The van der Waals surface area contributed by atoms with E-state index >= 15 is 0 Å². The number of carbonyl (C=O) groups excluding carboxylic acids is 1. The van der Waals surface area contributed by atoms with E-state index in [0.717, 1.165) is 11.3 Å². The van der Waals surface area contributed by atoms with Crippen LogP contribution in [0.3, 0.4) is 0 Å². The fourth-order valence-corrected chi connectivity index (χ4v) is 6.14. The van der Waals surface area contributed by atoms with E-state index in [0.29, 0.717) is 0 Å². The van der Waals surface area contributed by atoms with Gasteiger partial charge in [-0.3, -0.25) is 9.69 Å². The Kier molecular flexibility index (Phi) is 4.32. The zero-order valence-electron chi connectivity index (χ0n) is 14.7. The van der Waals surface area contributed by atoms with E-state index in [2.05, 4.69) is 4.90 Å². The third-order valence-corrected chi connectivity index (χ3v) is 7.15. The second kappa shape index (κ2) is 6.52. The molecule has 26 heavy (non-hydrogen) atoms. The number of carbonyl (C=O) groups is 1. The zero-order chi connectivity index (χ0) is 18.3. The lowest BCUT2D eigenvalue weighted by atomic mass is 9.98. The minimum Gasteiger partial charge on any atom is -0.306 e. The third-order valence-electron chi connectivity index (χ3n) is 5.45. The van der Waals surface area contributed by atoms with Crippen molar-refractivity contribution in [1.29, 1.82) is 0 Å². The van der Waals surface area contributed by atoms with Gasteiger partial charge < -0.3 is 4.90 Å². The first-order chi connectivity index (χ1) is 12.5. The van der Waals surface area contributed by atoms with Crippen LogP contribution >= 0.6 is 0 Å². The number of rotatable bonds is 3. The van der Waals surface area contributed by atoms with Crippen molar-refractivity contribution in [3.8, 4) is 0 Å². The number of hydrogen-bond donors (Lipinski definition) is 0. The van der Waals surface area contributed by atoms with Gasteiger partial charge in [-0.05, 0) is 24.6 Å². The highest BCUT2D eigenvalue weighted by atomic mass is 32.2. The van der Waals surface area contributed by atoms with E-state index in [-0.39, 0.29) is 42.1 Å². The van der Waals surface area contributed by atoms with E-state index in [9.17, 15) is 13.2 Å². The SMILES string of the molecule is C[C@@H](c1ccccc1)N1CC(=O)N(c2ccccc2)[C@@H]2CS(=O)(=O)C[C@@H]21. The quantitative estimate of drug-likeness (QED) is 0.832. The molecule has 1 amide bonds. The van der Waals surface area contributed by atoms with Crippen molar-refractivity contribution < 1.29 is 13.2 Å². The highest BCUT2D eigenvalue weighted by Crippen LogP contribution is 2.35. The van der Waals surface area contributed by atoms with Crippen LogP contribution in [0, 0.1) is 0 Å². The molecule has 2 aliphatic rings. The molecule has 0 radical (unpaired) electrons. The molecular formula is C20H22N2O3S. The molecule has 5 nitrogen and oxygen atoms in total. The Morgan fingerprint density at radius 2 is 1.50 bits per heavy atom. The van der Waals surface area contributed by atoms with Crippen molar-refractivity contribution >= 4 is 21.4 Å². The summed E-state index contributed by atoms with van der Waals surface area (Å²) in [5, 5.41) is 0. The lowest BCUT2D eigenvalue weighted by Crippen LogP contribution is -2.62. The van der Waals surface area contributed by atoms with Crippen LogP contribution in [0.5, 0.6) is 0 Å². The van der Waals surface area contributed by atoms with Crippen LogP contribution in [0.1, 0.15) is 18.5 Å². The van der Waals surface area contributed by atoms with Gasteiger partial charge in [-0.1, -0.05) is 48.5 Å². The Morgan fingerprint density at radius 1 is 0.923 bits per heavy atom. The predicted octanol–water partition coefficient (Wildman–Crippen LogP) is 2.26. The van der Waals surface area contributed by atoms with Gasteiger partial charge in [-0.25, -0.2) is 8.42 Å². The summed E-state index contributed by atoms with van der Waals surface area (Å²) in [5.74, 6) is 0.0826. The van der Waals surface area contributed by atoms with Crippen molar-refractivity contribution in [1.82, 2.24) is 4.90 Å². The smallest absolute Gasteiger partial charge is 0.241 e. The standard InChI is InChI=1S/C20H22N2O3S/c1-15(16-8-4-2-5-9-16)21-12-20(23)22(17-10-6-3-7-11-17)19-14-26(24,25)13-18(19)21/h2-11,15,18-19H,12-14H2,1H3/t15-,18-,19+/m0/s1. The molecule has 0 spiro atoms. The van der Waals surface area contributed by atoms with Gasteiger partial charge in [0, 0.05) is 17.8 Å². The number of hydrogen-bond acceptors (Lipinski definition) is 4. The average molecular weight is 370 g/mol. The number of amides is 1. The molecule has 2 saturated heterocycles. The Morgan fingerprint density at radius 3 is 2.15 bits per heavy atom. The number of para-hydroxylation sites is 1. The molecular weight excluding hydrogens is 348 g/mol. The van der Waals surface area contributed by atoms with Gasteiger partial charge in [0.2, 0.25) is 5.91 Å². The topological polar surface area (TPSA) is 57.7 Å². The molecule has 2 aromatic carbocycles. The molecule has 6 heteroatoms. The number of nitrogens with zero attached hydrogens (tertiary/aromatic N) is 2. The van der Waals surface area contributed by atoms with Crippen LogP contribution in [0.2, 0.25) is 0 Å². The third kappa shape index (κ3) is 3.04. The van der Waals surface area contributed by atoms with Gasteiger partial charge in [0.25, 0.3) is 0 Å². The molecule has 4 rings (SSSR count). The molecule has 136 valence electrons. The fraction of sp³-hybridized carbons (Fsp3) is 0.350. The first-order valence-corrected chi connectivity index (χ1v) is 10.7. The zero-order valence-corrected chi connectivity index (χ0v) is 15.5. The molecule has 0 N–H and O–H groups in total. The van der Waals surface area contributed by atoms with Gasteiger partial charge in [0.15, 0.2) is 9.84 Å². The first kappa shape index (κ1) is 17.2. The van der Waals surface area contributed by atoms with Crippen LogP contribution in [0.4, 0.5) is 5.69 Å². The molecule has 2 aromatic rings. The molecule has 0 aliphatic carbocycles. The van der Waals surface area contributed by atoms with Gasteiger partial charge in [0.1, 0.15) is 0 Å². The normalized spacial score (nSPS) is 26.5. The molecule has 2 fully saturated rings. The predicted molar refractivity (Wildman–Crippen MR) is 102 cm³/mol. The highest BCUT2D eigenvalue weighted by Gasteiger charge is 2.50. The van der Waals surface area contributed by atoms with E-state index in [1.165, 1.54) is 0 Å². The van der Waals surface area contributed by atoms with Crippen LogP contribution < -0.4 is 4.90 Å². The molecule has 2 aliphatic heterocycles. The van der Waals surface area contributed by atoms with Gasteiger partial charge in [0.05, 0.1) is 24.1 Å². The first-order valence-electron chi connectivity index (χ1n) is 8.84. The van der Waals surface area contributed by atoms with Crippen LogP contribution in [-0.4, -0.2) is 49.4 Å². The fourth-order valence-electron chi connectivity index (χ4n) is 4.18. The van der Waals surface area contributed by atoms with E-state index in [1.54, 1.807) is 4.90 Å². The minimum absolute atomic E-state index is 0.0149. The second-order valence-electron chi connectivity index (χ2n) is 7.07. The van der Waals surface area contributed by atoms with Crippen LogP contribution in [0.25, 0.3) is 0 Å². The summed E-state index contributed by atoms with van der Waals surface area (Å²) >= 11 is 0. The summed E-state index contributed by atoms with van der Waals surface area (Å²) < 4.78 is 24.8. The summed E-state index contributed by atoms with van der Waals surface area (Å²) in [6.45, 7) is 2.27. The van der Waals surface area contributed by atoms with Gasteiger partial charge >= 0.3 is 0 Å². The van der Waals surface area contributed by atoms with Crippen LogP contribution in [-0.2, 0) is 14.6 Å². The maximum absolute atomic E-state index is 13.0. The molecule has 0 aromatic heterocycles. The van der Waals surface area contributed by atoms with Crippen molar-refractivity contribution in [3.63, 3.8) is 0 Å². The maximum atomic E-state index is 13.0. The summed E-state index contributed by atoms with van der Waals surface area (Å²) in [6, 6.07) is 18.8. The number of piperazine rings is 1. The number of fused-ring (bicyclic) bond motifs is 1. The monoisotopic (exact) mass is 370 g/mol. The lowest BCUT2D eigenvalue weighted by molar-refractivity contribution is -0.124. The van der Waals surface area contributed by atoms with Crippen molar-refractivity contribution in [3.05, 3.63) is 66.2 Å². The Bertz CT molecular complexity index is 899. The van der Waals surface area contributed by atoms with E-state index in [1.807, 2.05) is 67.6 Å². The van der Waals surface area contributed by atoms with Crippen LogP contribution in [0.15, 0.2) is 60.7 Å². The average Bonchev–Trinajstić information content (AvgIpc) is 2.96. The summed E-state index contributed by atoms with van der Waals surface area (Å²) in [7, 11) is -3.18. The summed E-state index contributed by atoms with van der Waals surface area (Å²) in [6.07, 6.45) is 0. The molecule has 0 saturated carbocycles. The Labute approximate surface area is 154 Å². The van der Waals surface area contributed by atoms with Crippen molar-refractivity contribution in [2.45, 2.75) is 25.0 Å². The van der Waals surface area contributed by atoms with Gasteiger partial charge in [-0.2, -0.15) is 0 Å². The van der Waals surface area contributed by atoms with Crippen molar-refractivity contribution in [2.24, 2.45) is 0 Å². The number of anilines is 1. The van der Waals surface area contributed by atoms with E-state index in [4.69, 9.17) is 0 Å². The largest absolute Gasteiger partial charge is 0.306 e. The highest BCUT2D eigenvalue weighted by molar-refractivity contribution is 7.91. The molecule has 0 bridgehead atoms. The second-order valence-corrected chi connectivity index (χ2v) is 9.22.